The number of imidazole rings is 1. The molecule has 1 aromatic heterocycles. The maximum atomic E-state index is 3.45. The van der Waals surface area contributed by atoms with E-state index in [-0.39, 0.29) is 0 Å². The summed E-state index contributed by atoms with van der Waals surface area (Å²) in [5, 5.41) is 0. The fourth-order valence-electron chi connectivity index (χ4n) is 3.82. The summed E-state index contributed by atoms with van der Waals surface area (Å²) in [4.78, 5) is 3.45. The van der Waals surface area contributed by atoms with Crippen molar-refractivity contribution < 1.29 is 4.57 Å². The minimum Gasteiger partial charge on any atom is -0.247 e. The van der Waals surface area contributed by atoms with Crippen molar-refractivity contribution in [2.75, 3.05) is 0 Å². The van der Waals surface area contributed by atoms with Crippen LogP contribution < -0.4 is 4.57 Å². The summed E-state index contributed by atoms with van der Waals surface area (Å²) in [5.41, 5.74) is 0. The van der Waals surface area contributed by atoms with E-state index in [2.05, 4.69) is 42.8 Å². The second-order valence-electron chi connectivity index (χ2n) is 7.62. The summed E-state index contributed by atoms with van der Waals surface area (Å²) in [6, 6.07) is 0. The molecule has 0 spiro atoms. The third-order valence-corrected chi connectivity index (χ3v) is 5.34. The molecule has 0 saturated heterocycles. The molecule has 1 atom stereocenters. The van der Waals surface area contributed by atoms with E-state index in [0.717, 1.165) is 5.92 Å². The van der Waals surface area contributed by atoms with Crippen molar-refractivity contribution in [3.05, 3.63) is 18.2 Å². The van der Waals surface area contributed by atoms with Crippen molar-refractivity contribution in [2.45, 2.75) is 116 Å². The zero-order valence-corrected chi connectivity index (χ0v) is 16.8. The van der Waals surface area contributed by atoms with Gasteiger partial charge in [-0.15, -0.1) is 0 Å². The zero-order valence-electron chi connectivity index (χ0n) is 16.8. The Balaban J connectivity index is 1.98. The van der Waals surface area contributed by atoms with Gasteiger partial charge in [-0.05, 0) is 12.8 Å². The van der Waals surface area contributed by atoms with Crippen LogP contribution in [0.25, 0.3) is 0 Å². The first-order chi connectivity index (χ1) is 11.8. The molecule has 1 rings (SSSR count). The Morgan fingerprint density at radius 2 is 1.29 bits per heavy atom. The molecule has 0 radical (unpaired) electrons. The van der Waals surface area contributed by atoms with Gasteiger partial charge in [-0.25, -0.2) is 9.55 Å². The molecule has 2 heteroatoms. The molecule has 0 fully saturated rings. The Morgan fingerprint density at radius 1 is 0.750 bits per heavy atom. The molecule has 0 aliphatic carbocycles. The largest absolute Gasteiger partial charge is 0.257 e. The van der Waals surface area contributed by atoms with Gasteiger partial charge < -0.3 is 0 Å². The Hall–Kier alpha value is -0.790. The fourth-order valence-corrected chi connectivity index (χ4v) is 3.82. The number of hydrogen-bond donors (Lipinski definition) is 1. The van der Waals surface area contributed by atoms with Crippen LogP contribution in [0.3, 0.4) is 0 Å². The second kappa shape index (κ2) is 14.5. The quantitative estimate of drug-likeness (QED) is 0.253. The number of nitrogens with zero attached hydrogens (tertiary/aromatic N) is 1. The second-order valence-corrected chi connectivity index (χ2v) is 7.62. The number of aromatic nitrogens is 2. The van der Waals surface area contributed by atoms with E-state index < -0.39 is 0 Å². The first-order valence-corrected chi connectivity index (χ1v) is 10.8. The zero-order chi connectivity index (χ0) is 17.5. The molecule has 140 valence electrons. The highest BCUT2D eigenvalue weighted by Gasteiger charge is 2.19. The van der Waals surface area contributed by atoms with Crippen molar-refractivity contribution in [3.8, 4) is 0 Å². The third-order valence-electron chi connectivity index (χ3n) is 5.34. The van der Waals surface area contributed by atoms with Gasteiger partial charge in [0.05, 0.1) is 13.0 Å². The maximum Gasteiger partial charge on any atom is 0.257 e. The van der Waals surface area contributed by atoms with Crippen LogP contribution in [-0.4, -0.2) is 4.98 Å². The lowest BCUT2D eigenvalue weighted by molar-refractivity contribution is -0.679. The number of aromatic amines is 1. The lowest BCUT2D eigenvalue weighted by atomic mass is 9.95. The topological polar surface area (TPSA) is 19.7 Å². The summed E-state index contributed by atoms with van der Waals surface area (Å²) in [7, 11) is 2.16. The van der Waals surface area contributed by atoms with Crippen LogP contribution >= 0.6 is 0 Å². The number of nitrogens with one attached hydrogen (secondary N) is 1. The first kappa shape index (κ1) is 21.3. The van der Waals surface area contributed by atoms with E-state index in [0.29, 0.717) is 0 Å². The van der Waals surface area contributed by atoms with Crippen molar-refractivity contribution in [3.63, 3.8) is 0 Å². The van der Waals surface area contributed by atoms with Crippen LogP contribution in [0, 0.1) is 0 Å². The lowest BCUT2D eigenvalue weighted by Crippen LogP contribution is -2.32. The molecule has 0 bridgehead atoms. The van der Waals surface area contributed by atoms with E-state index in [1.54, 1.807) is 0 Å². The number of hydrogen-bond acceptors (Lipinski definition) is 0. The smallest absolute Gasteiger partial charge is 0.247 e. The maximum absolute atomic E-state index is 3.45. The monoisotopic (exact) mass is 335 g/mol. The molecule has 0 saturated carbocycles. The Labute approximate surface area is 151 Å². The lowest BCUT2D eigenvalue weighted by Gasteiger charge is -2.11. The number of H-pyrrole nitrogens is 1. The van der Waals surface area contributed by atoms with Crippen molar-refractivity contribution >= 4 is 0 Å². The van der Waals surface area contributed by atoms with E-state index in [1.165, 1.54) is 102 Å². The molecular weight excluding hydrogens is 292 g/mol. The van der Waals surface area contributed by atoms with Gasteiger partial charge in [0.2, 0.25) is 0 Å². The molecule has 0 unspecified atom stereocenters. The molecule has 24 heavy (non-hydrogen) atoms. The molecule has 2 nitrogen and oxygen atoms in total. The van der Waals surface area contributed by atoms with Gasteiger partial charge in [0, 0.05) is 0 Å². The predicted octanol–water partition coefficient (Wildman–Crippen LogP) is 6.81. The van der Waals surface area contributed by atoms with Crippen molar-refractivity contribution in [1.82, 2.24) is 4.98 Å². The fraction of sp³-hybridized carbons (Fsp3) is 0.864. The van der Waals surface area contributed by atoms with Gasteiger partial charge in [-0.1, -0.05) is 97.3 Å². The molecular formula is C22H43N2+. The third kappa shape index (κ3) is 9.49. The van der Waals surface area contributed by atoms with Gasteiger partial charge in [0.1, 0.15) is 12.4 Å². The standard InChI is InChI=1S/C22H42N2/c1-4-6-7-8-9-10-11-12-13-14-15-16-18-21(17-5-2)22-23-19-20-24(22)3/h19-21H,4-18H2,1-3H3/p+1/t21-/m0/s1. The highest BCUT2D eigenvalue weighted by atomic mass is 15.0. The minimum absolute atomic E-state index is 0.720. The van der Waals surface area contributed by atoms with Crippen LogP contribution in [0.2, 0.25) is 0 Å². The molecule has 0 aromatic carbocycles. The Bertz CT molecular complexity index is 383. The first-order valence-electron chi connectivity index (χ1n) is 10.8. The van der Waals surface area contributed by atoms with E-state index >= 15 is 0 Å². The van der Waals surface area contributed by atoms with Gasteiger partial charge in [-0.3, -0.25) is 0 Å². The van der Waals surface area contributed by atoms with Gasteiger partial charge in [0.15, 0.2) is 0 Å². The van der Waals surface area contributed by atoms with Gasteiger partial charge >= 0.3 is 0 Å². The van der Waals surface area contributed by atoms with Crippen molar-refractivity contribution in [1.29, 1.82) is 0 Å². The number of unbranched alkanes of at least 4 members (excludes halogenated alkanes) is 11. The summed E-state index contributed by atoms with van der Waals surface area (Å²) in [6.07, 6.45) is 25.4. The summed E-state index contributed by atoms with van der Waals surface area (Å²) < 4.78 is 2.26. The van der Waals surface area contributed by atoms with Crippen molar-refractivity contribution in [2.24, 2.45) is 7.05 Å². The van der Waals surface area contributed by atoms with Crippen LogP contribution in [0.1, 0.15) is 122 Å². The summed E-state index contributed by atoms with van der Waals surface area (Å²) in [6.45, 7) is 4.60. The van der Waals surface area contributed by atoms with E-state index in [4.69, 9.17) is 0 Å². The number of rotatable bonds is 16. The van der Waals surface area contributed by atoms with Gasteiger partial charge in [0.25, 0.3) is 5.82 Å². The van der Waals surface area contributed by atoms with Gasteiger partial charge in [-0.2, -0.15) is 0 Å². The van der Waals surface area contributed by atoms with Crippen LogP contribution in [0.4, 0.5) is 0 Å². The molecule has 0 aliphatic heterocycles. The minimum atomic E-state index is 0.720. The predicted molar refractivity (Wildman–Crippen MR) is 105 cm³/mol. The average molecular weight is 336 g/mol. The molecule has 0 aliphatic rings. The molecule has 1 aromatic rings. The summed E-state index contributed by atoms with van der Waals surface area (Å²) in [5.74, 6) is 2.14. The SMILES string of the molecule is CCCCCCCCCCCCCC[C@H](CCC)c1[nH]cc[n+]1C. The van der Waals surface area contributed by atoms with E-state index in [9.17, 15) is 0 Å². The Morgan fingerprint density at radius 3 is 1.75 bits per heavy atom. The van der Waals surface area contributed by atoms with E-state index in [1.807, 2.05) is 0 Å². The molecule has 0 amide bonds. The van der Waals surface area contributed by atoms with Crippen LogP contribution in [-0.2, 0) is 7.05 Å². The molecule has 1 N–H and O–H groups in total. The van der Waals surface area contributed by atoms with Crippen LogP contribution in [0.15, 0.2) is 12.4 Å². The van der Waals surface area contributed by atoms with Crippen LogP contribution in [0.5, 0.6) is 0 Å². The normalized spacial score (nSPS) is 12.6. The highest BCUT2D eigenvalue weighted by molar-refractivity contribution is 4.89. The average Bonchev–Trinajstić information content (AvgIpc) is 3.01. The highest BCUT2D eigenvalue weighted by Crippen LogP contribution is 2.24. The summed E-state index contributed by atoms with van der Waals surface area (Å²) >= 11 is 0. The molecule has 1 heterocycles. The number of aryl methyl sites for hydroxylation is 1. The Kier molecular flexibility index (Phi) is 12.9.